The fourth-order valence-corrected chi connectivity index (χ4v) is 2.89. The zero-order chi connectivity index (χ0) is 15.2. The summed E-state index contributed by atoms with van der Waals surface area (Å²) in [5.74, 6) is 6.73. The summed E-state index contributed by atoms with van der Waals surface area (Å²) < 4.78 is 6.13. The summed E-state index contributed by atoms with van der Waals surface area (Å²) in [5.41, 5.74) is 4.38. The van der Waals surface area contributed by atoms with E-state index in [4.69, 9.17) is 4.74 Å². The number of aromatic hydroxyl groups is 1. The highest BCUT2D eigenvalue weighted by Crippen LogP contribution is 2.49. The highest BCUT2D eigenvalue weighted by molar-refractivity contribution is 5.82. The molecule has 2 aromatic rings. The molecular formula is C19H18O2. The number of hydrogen-bond donors (Lipinski definition) is 1. The maximum Gasteiger partial charge on any atom is 0.133 e. The fraction of sp³-hybridized carbons (Fsp3) is 0.263. The number of phenolic OH excluding ortho intramolecular Hbond substituents is 1. The van der Waals surface area contributed by atoms with Crippen LogP contribution in [0.4, 0.5) is 0 Å². The van der Waals surface area contributed by atoms with Crippen molar-refractivity contribution in [2.75, 3.05) is 0 Å². The molecule has 2 heteroatoms. The molecule has 1 aliphatic heterocycles. The fourth-order valence-electron chi connectivity index (χ4n) is 2.89. The number of rotatable bonds is 0. The molecule has 0 saturated carbocycles. The van der Waals surface area contributed by atoms with Crippen molar-refractivity contribution >= 4 is 0 Å². The van der Waals surface area contributed by atoms with Gasteiger partial charge in [0, 0.05) is 11.1 Å². The maximum absolute atomic E-state index is 10.4. The third-order valence-electron chi connectivity index (χ3n) is 3.81. The largest absolute Gasteiger partial charge is 0.507 e. The molecule has 2 aromatic carbocycles. The van der Waals surface area contributed by atoms with Crippen LogP contribution in [0.1, 0.15) is 37.5 Å². The Labute approximate surface area is 125 Å². The monoisotopic (exact) mass is 278 g/mol. The molecule has 2 nitrogen and oxygen atoms in total. The lowest BCUT2D eigenvalue weighted by molar-refractivity contribution is 0.105. The Morgan fingerprint density at radius 2 is 1.90 bits per heavy atom. The molecule has 3 rings (SSSR count). The first-order valence-electron chi connectivity index (χ1n) is 7.02. The van der Waals surface area contributed by atoms with Crippen molar-refractivity contribution in [3.8, 4) is 34.5 Å². The predicted octanol–water partition coefficient (Wildman–Crippen LogP) is 4.37. The lowest BCUT2D eigenvalue weighted by atomic mass is 9.84. The van der Waals surface area contributed by atoms with Gasteiger partial charge in [0.25, 0.3) is 0 Å². The lowest BCUT2D eigenvalue weighted by Gasteiger charge is -2.35. The van der Waals surface area contributed by atoms with Crippen LogP contribution < -0.4 is 4.74 Å². The van der Waals surface area contributed by atoms with E-state index in [0.717, 1.165) is 27.8 Å². The van der Waals surface area contributed by atoms with E-state index in [1.807, 2.05) is 19.9 Å². The van der Waals surface area contributed by atoms with Gasteiger partial charge in [0.05, 0.1) is 5.56 Å². The minimum absolute atomic E-state index is 0.215. The summed E-state index contributed by atoms with van der Waals surface area (Å²) in [6.45, 7) is 7.91. The predicted molar refractivity (Wildman–Crippen MR) is 84.5 cm³/mol. The van der Waals surface area contributed by atoms with Crippen LogP contribution in [0.2, 0.25) is 0 Å². The van der Waals surface area contributed by atoms with Crippen molar-refractivity contribution in [2.24, 2.45) is 0 Å². The smallest absolute Gasteiger partial charge is 0.133 e. The van der Waals surface area contributed by atoms with E-state index in [0.29, 0.717) is 5.75 Å². The van der Waals surface area contributed by atoms with Crippen LogP contribution in [0.15, 0.2) is 30.3 Å². The number of ether oxygens (including phenoxy) is 1. The first-order valence-corrected chi connectivity index (χ1v) is 7.02. The van der Waals surface area contributed by atoms with Gasteiger partial charge in [-0.1, -0.05) is 29.7 Å². The maximum atomic E-state index is 10.4. The van der Waals surface area contributed by atoms with Crippen molar-refractivity contribution in [1.82, 2.24) is 0 Å². The second kappa shape index (κ2) is 4.56. The molecule has 0 aromatic heterocycles. The molecule has 0 saturated heterocycles. The van der Waals surface area contributed by atoms with Crippen LogP contribution in [-0.4, -0.2) is 5.11 Å². The highest BCUT2D eigenvalue weighted by atomic mass is 16.5. The molecule has 0 spiro atoms. The zero-order valence-corrected chi connectivity index (χ0v) is 12.7. The van der Waals surface area contributed by atoms with Gasteiger partial charge in [-0.25, -0.2) is 0 Å². The van der Waals surface area contributed by atoms with Gasteiger partial charge < -0.3 is 9.84 Å². The molecule has 1 N–H and O–H groups in total. The van der Waals surface area contributed by atoms with Gasteiger partial charge >= 0.3 is 0 Å². The molecule has 1 heterocycles. The first-order chi connectivity index (χ1) is 9.92. The van der Waals surface area contributed by atoms with Crippen molar-refractivity contribution in [3.63, 3.8) is 0 Å². The van der Waals surface area contributed by atoms with Gasteiger partial charge in [-0.15, -0.1) is 5.92 Å². The SMILES string of the molecule is CC#Cc1cc(O)c2c(c1)OC(C)(C)c1ccc(C)cc1-2. The molecule has 0 amide bonds. The van der Waals surface area contributed by atoms with Crippen LogP contribution in [0.5, 0.6) is 11.5 Å². The van der Waals surface area contributed by atoms with Crippen molar-refractivity contribution in [2.45, 2.75) is 33.3 Å². The summed E-state index contributed by atoms with van der Waals surface area (Å²) in [7, 11) is 0. The first kappa shape index (κ1) is 13.6. The lowest BCUT2D eigenvalue weighted by Crippen LogP contribution is -2.29. The molecule has 0 radical (unpaired) electrons. The Bertz CT molecular complexity index is 789. The van der Waals surface area contributed by atoms with Crippen molar-refractivity contribution in [3.05, 3.63) is 47.0 Å². The van der Waals surface area contributed by atoms with E-state index < -0.39 is 5.60 Å². The summed E-state index contributed by atoms with van der Waals surface area (Å²) in [5, 5.41) is 10.4. The van der Waals surface area contributed by atoms with Gasteiger partial charge in [-0.3, -0.25) is 0 Å². The number of aryl methyl sites for hydroxylation is 1. The average molecular weight is 278 g/mol. The van der Waals surface area contributed by atoms with Gasteiger partial charge in [0.2, 0.25) is 0 Å². The molecule has 21 heavy (non-hydrogen) atoms. The Morgan fingerprint density at radius 1 is 1.14 bits per heavy atom. The summed E-state index contributed by atoms with van der Waals surface area (Å²) in [4.78, 5) is 0. The van der Waals surface area contributed by atoms with Gasteiger partial charge in [-0.05, 0) is 45.4 Å². The Balaban J connectivity index is 2.33. The van der Waals surface area contributed by atoms with E-state index in [2.05, 4.69) is 37.0 Å². The van der Waals surface area contributed by atoms with Crippen molar-refractivity contribution in [1.29, 1.82) is 0 Å². The minimum atomic E-state index is -0.430. The molecular weight excluding hydrogens is 260 g/mol. The van der Waals surface area contributed by atoms with Crippen LogP contribution in [0, 0.1) is 18.8 Å². The van der Waals surface area contributed by atoms with Gasteiger partial charge in [0.15, 0.2) is 0 Å². The normalized spacial score (nSPS) is 14.3. The molecule has 0 fully saturated rings. The second-order valence-corrected chi connectivity index (χ2v) is 5.90. The van der Waals surface area contributed by atoms with Gasteiger partial charge in [-0.2, -0.15) is 0 Å². The van der Waals surface area contributed by atoms with Crippen molar-refractivity contribution < 1.29 is 9.84 Å². The molecule has 0 aliphatic carbocycles. The Hall–Kier alpha value is -2.40. The molecule has 0 unspecified atom stereocenters. The van der Waals surface area contributed by atoms with E-state index in [-0.39, 0.29) is 5.75 Å². The molecule has 0 bridgehead atoms. The highest BCUT2D eigenvalue weighted by Gasteiger charge is 2.34. The second-order valence-electron chi connectivity index (χ2n) is 5.90. The quantitative estimate of drug-likeness (QED) is 0.725. The van der Waals surface area contributed by atoms with Crippen LogP contribution in [-0.2, 0) is 5.60 Å². The summed E-state index contributed by atoms with van der Waals surface area (Å²) in [6, 6.07) is 9.85. The summed E-state index contributed by atoms with van der Waals surface area (Å²) in [6.07, 6.45) is 0. The minimum Gasteiger partial charge on any atom is -0.507 e. The molecule has 0 atom stereocenters. The number of fused-ring (bicyclic) bond motifs is 3. The van der Waals surface area contributed by atoms with Crippen LogP contribution in [0.25, 0.3) is 11.1 Å². The van der Waals surface area contributed by atoms with E-state index in [9.17, 15) is 5.11 Å². The topological polar surface area (TPSA) is 29.5 Å². The summed E-state index contributed by atoms with van der Waals surface area (Å²) >= 11 is 0. The number of phenols is 1. The zero-order valence-electron chi connectivity index (χ0n) is 12.7. The third kappa shape index (κ3) is 2.15. The van der Waals surface area contributed by atoms with E-state index in [1.54, 1.807) is 13.0 Å². The Morgan fingerprint density at radius 3 is 2.62 bits per heavy atom. The van der Waals surface area contributed by atoms with E-state index in [1.165, 1.54) is 0 Å². The average Bonchev–Trinajstić information content (AvgIpc) is 2.37. The number of benzene rings is 2. The van der Waals surface area contributed by atoms with Crippen LogP contribution in [0.3, 0.4) is 0 Å². The third-order valence-corrected chi connectivity index (χ3v) is 3.81. The Kier molecular flexibility index (Phi) is 2.95. The molecule has 106 valence electrons. The van der Waals surface area contributed by atoms with Gasteiger partial charge in [0.1, 0.15) is 17.1 Å². The van der Waals surface area contributed by atoms with E-state index >= 15 is 0 Å². The van der Waals surface area contributed by atoms with Crippen LogP contribution >= 0.6 is 0 Å². The standard InChI is InChI=1S/C19H18O2/c1-5-6-13-10-16(20)18-14-9-12(2)7-8-15(14)19(3,4)21-17(18)11-13/h7-11,20H,1-4H3. The molecule has 1 aliphatic rings. The number of hydrogen-bond acceptors (Lipinski definition) is 2.